The first-order chi connectivity index (χ1) is 11.8. The Morgan fingerprint density at radius 3 is 2.52 bits per heavy atom. The van der Waals surface area contributed by atoms with Crippen LogP contribution in [0.4, 0.5) is 5.69 Å². The van der Waals surface area contributed by atoms with E-state index >= 15 is 0 Å². The maximum absolute atomic E-state index is 12.7. The molecule has 1 aliphatic rings. The van der Waals surface area contributed by atoms with Gasteiger partial charge in [0.25, 0.3) is 5.91 Å². The molecule has 0 N–H and O–H groups in total. The van der Waals surface area contributed by atoms with E-state index in [0.717, 1.165) is 11.1 Å². The molecule has 0 radical (unpaired) electrons. The molecule has 0 spiro atoms. The first kappa shape index (κ1) is 17.5. The van der Waals surface area contributed by atoms with Gasteiger partial charge in [0.15, 0.2) is 0 Å². The van der Waals surface area contributed by atoms with Crippen LogP contribution in [0.25, 0.3) is 0 Å². The molecule has 25 heavy (non-hydrogen) atoms. The van der Waals surface area contributed by atoms with Gasteiger partial charge in [-0.15, -0.1) is 0 Å². The molecule has 0 saturated carbocycles. The first-order valence-electron chi connectivity index (χ1n) is 8.19. The van der Waals surface area contributed by atoms with Gasteiger partial charge in [-0.2, -0.15) is 0 Å². The van der Waals surface area contributed by atoms with Crippen molar-refractivity contribution >= 4 is 21.6 Å². The fourth-order valence-corrected chi connectivity index (χ4v) is 4.65. The Morgan fingerprint density at radius 2 is 1.88 bits per heavy atom. The van der Waals surface area contributed by atoms with Crippen molar-refractivity contribution in [1.82, 2.24) is 4.90 Å². The molecule has 1 unspecified atom stereocenters. The highest BCUT2D eigenvalue weighted by Crippen LogP contribution is 2.34. The van der Waals surface area contributed by atoms with Crippen molar-refractivity contribution in [3.8, 4) is 0 Å². The predicted molar refractivity (Wildman–Crippen MR) is 99.2 cm³/mol. The number of anilines is 1. The Hall–Kier alpha value is -2.34. The zero-order valence-electron chi connectivity index (χ0n) is 14.6. The monoisotopic (exact) mass is 358 g/mol. The molecule has 1 heterocycles. The molecular weight excluding hydrogens is 336 g/mol. The number of nitrogens with zero attached hydrogens (tertiary/aromatic N) is 2. The van der Waals surface area contributed by atoms with Gasteiger partial charge >= 0.3 is 0 Å². The smallest absolute Gasteiger partial charge is 0.253 e. The Kier molecular flexibility index (Phi) is 4.56. The van der Waals surface area contributed by atoms with Crippen molar-refractivity contribution in [2.45, 2.75) is 25.9 Å². The summed E-state index contributed by atoms with van der Waals surface area (Å²) in [5.74, 6) is -0.0721. The molecule has 5 nitrogen and oxygen atoms in total. The van der Waals surface area contributed by atoms with Crippen LogP contribution in [0.3, 0.4) is 0 Å². The Morgan fingerprint density at radius 1 is 1.20 bits per heavy atom. The molecule has 2 aromatic carbocycles. The van der Waals surface area contributed by atoms with Crippen LogP contribution in [0.15, 0.2) is 48.5 Å². The molecule has 0 aromatic heterocycles. The zero-order valence-corrected chi connectivity index (χ0v) is 15.5. The quantitative estimate of drug-likeness (QED) is 0.844. The fraction of sp³-hybridized carbons (Fsp3) is 0.316. The van der Waals surface area contributed by atoms with E-state index in [-0.39, 0.29) is 11.9 Å². The van der Waals surface area contributed by atoms with Gasteiger partial charge in [-0.1, -0.05) is 30.3 Å². The fourth-order valence-electron chi connectivity index (χ4n) is 3.39. The van der Waals surface area contributed by atoms with E-state index in [1.807, 2.05) is 43.3 Å². The SMILES string of the molecule is CC1Cc2cc(C(=O)N(C)Cc3ccccc3)ccc2N1S(C)(=O)=O. The van der Waals surface area contributed by atoms with E-state index in [2.05, 4.69) is 0 Å². The molecule has 1 amide bonds. The number of amides is 1. The van der Waals surface area contributed by atoms with Gasteiger partial charge in [0, 0.05) is 25.2 Å². The molecule has 0 fully saturated rings. The predicted octanol–water partition coefficient (Wildman–Crippen LogP) is 2.67. The third-order valence-electron chi connectivity index (χ3n) is 4.45. The second-order valence-corrected chi connectivity index (χ2v) is 8.46. The highest BCUT2D eigenvalue weighted by Gasteiger charge is 2.32. The topological polar surface area (TPSA) is 57.7 Å². The number of hydrogen-bond acceptors (Lipinski definition) is 3. The van der Waals surface area contributed by atoms with Crippen molar-refractivity contribution in [2.24, 2.45) is 0 Å². The zero-order chi connectivity index (χ0) is 18.2. The maximum atomic E-state index is 12.7. The maximum Gasteiger partial charge on any atom is 0.253 e. The highest BCUT2D eigenvalue weighted by molar-refractivity contribution is 7.92. The van der Waals surface area contributed by atoms with Gasteiger partial charge in [-0.3, -0.25) is 9.10 Å². The van der Waals surface area contributed by atoms with E-state index in [0.29, 0.717) is 24.2 Å². The largest absolute Gasteiger partial charge is 0.337 e. The lowest BCUT2D eigenvalue weighted by Gasteiger charge is -2.22. The first-order valence-corrected chi connectivity index (χ1v) is 10.0. The molecule has 0 bridgehead atoms. The Bertz CT molecular complexity index is 894. The van der Waals surface area contributed by atoms with Crippen LogP contribution in [0.2, 0.25) is 0 Å². The normalized spacial score (nSPS) is 16.6. The van der Waals surface area contributed by atoms with E-state index in [4.69, 9.17) is 0 Å². The average molecular weight is 358 g/mol. The summed E-state index contributed by atoms with van der Waals surface area (Å²) in [7, 11) is -1.55. The van der Waals surface area contributed by atoms with Crippen LogP contribution in [0.5, 0.6) is 0 Å². The lowest BCUT2D eigenvalue weighted by atomic mass is 10.1. The van der Waals surface area contributed by atoms with Crippen LogP contribution in [0.1, 0.15) is 28.4 Å². The number of carbonyl (C=O) groups is 1. The average Bonchev–Trinajstić information content (AvgIpc) is 2.89. The Labute approximate surface area is 148 Å². The van der Waals surface area contributed by atoms with Crippen molar-refractivity contribution in [3.63, 3.8) is 0 Å². The summed E-state index contributed by atoms with van der Waals surface area (Å²) in [5, 5.41) is 0. The Balaban J connectivity index is 1.83. The minimum absolute atomic E-state index is 0.0721. The van der Waals surface area contributed by atoms with E-state index < -0.39 is 10.0 Å². The van der Waals surface area contributed by atoms with Crippen LogP contribution < -0.4 is 4.31 Å². The molecule has 3 rings (SSSR count). The van der Waals surface area contributed by atoms with Gasteiger partial charge in [-0.25, -0.2) is 8.42 Å². The number of carbonyl (C=O) groups excluding carboxylic acids is 1. The minimum Gasteiger partial charge on any atom is -0.337 e. The van der Waals surface area contributed by atoms with E-state index in [1.54, 1.807) is 24.1 Å². The molecule has 1 aliphatic heterocycles. The molecule has 6 heteroatoms. The second-order valence-electron chi connectivity index (χ2n) is 6.60. The van der Waals surface area contributed by atoms with E-state index in [9.17, 15) is 13.2 Å². The summed E-state index contributed by atoms with van der Waals surface area (Å²) in [6.45, 7) is 2.41. The van der Waals surface area contributed by atoms with Crippen LogP contribution in [-0.4, -0.2) is 38.6 Å². The second kappa shape index (κ2) is 6.52. The van der Waals surface area contributed by atoms with Crippen molar-refractivity contribution < 1.29 is 13.2 Å². The van der Waals surface area contributed by atoms with Gasteiger partial charge in [0.2, 0.25) is 10.0 Å². The molecule has 132 valence electrons. The van der Waals surface area contributed by atoms with Gasteiger partial charge in [0.05, 0.1) is 11.9 Å². The van der Waals surface area contributed by atoms with Crippen LogP contribution in [-0.2, 0) is 23.0 Å². The van der Waals surface area contributed by atoms with Gasteiger partial charge in [0.1, 0.15) is 0 Å². The standard InChI is InChI=1S/C19H22N2O3S/c1-14-11-17-12-16(9-10-18(17)21(14)25(3,23)24)19(22)20(2)13-15-7-5-4-6-8-15/h4-10,12,14H,11,13H2,1-3H3. The summed E-state index contributed by atoms with van der Waals surface area (Å²) in [5.41, 5.74) is 3.23. The minimum atomic E-state index is -3.32. The molecule has 2 aromatic rings. The highest BCUT2D eigenvalue weighted by atomic mass is 32.2. The molecule has 0 aliphatic carbocycles. The van der Waals surface area contributed by atoms with E-state index in [1.165, 1.54) is 10.6 Å². The molecule has 0 saturated heterocycles. The lowest BCUT2D eigenvalue weighted by molar-refractivity contribution is 0.0785. The molecular formula is C19H22N2O3S. The third-order valence-corrected chi connectivity index (χ3v) is 5.72. The van der Waals surface area contributed by atoms with Crippen molar-refractivity contribution in [1.29, 1.82) is 0 Å². The third kappa shape index (κ3) is 3.54. The summed E-state index contributed by atoms with van der Waals surface area (Å²) in [6.07, 6.45) is 1.83. The van der Waals surface area contributed by atoms with Crippen molar-refractivity contribution in [2.75, 3.05) is 17.6 Å². The van der Waals surface area contributed by atoms with Gasteiger partial charge < -0.3 is 4.90 Å². The lowest BCUT2D eigenvalue weighted by Crippen LogP contribution is -2.34. The number of hydrogen-bond donors (Lipinski definition) is 0. The van der Waals surface area contributed by atoms with Crippen LogP contribution in [0, 0.1) is 0 Å². The van der Waals surface area contributed by atoms with Gasteiger partial charge in [-0.05, 0) is 42.7 Å². The number of benzene rings is 2. The summed E-state index contributed by atoms with van der Waals surface area (Å²) < 4.78 is 25.4. The number of rotatable bonds is 4. The summed E-state index contributed by atoms with van der Waals surface area (Å²) >= 11 is 0. The molecule has 1 atom stereocenters. The number of sulfonamides is 1. The van der Waals surface area contributed by atoms with Crippen molar-refractivity contribution in [3.05, 3.63) is 65.2 Å². The van der Waals surface area contributed by atoms with Crippen LogP contribution >= 0.6 is 0 Å². The summed E-state index contributed by atoms with van der Waals surface area (Å²) in [4.78, 5) is 14.4. The summed E-state index contributed by atoms with van der Waals surface area (Å²) in [6, 6.07) is 15.0. The number of fused-ring (bicyclic) bond motifs is 1.